The first-order chi connectivity index (χ1) is 15.6. The highest BCUT2D eigenvalue weighted by Gasteiger charge is 2.18. The first-order valence-electron chi connectivity index (χ1n) is 9.58. The summed E-state index contributed by atoms with van der Waals surface area (Å²) >= 11 is 0. The number of imidazole rings is 1. The molecule has 2 aromatic carbocycles. The second-order valence-corrected chi connectivity index (χ2v) is 9.11. The lowest BCUT2D eigenvalue weighted by atomic mass is 10.1. The van der Waals surface area contributed by atoms with Gasteiger partial charge in [0.1, 0.15) is 17.0 Å². The SMILES string of the molecule is CCS(=O)(=O)Nc1ccc(Oc2cc(F)c(F)c(F)c2)c(-c2cn(C)c(=O)c3cncn23)c1. The summed E-state index contributed by atoms with van der Waals surface area (Å²) in [6.45, 7) is 1.47. The van der Waals surface area contributed by atoms with Gasteiger partial charge in [0.2, 0.25) is 10.0 Å². The Kier molecular flexibility index (Phi) is 5.62. The second-order valence-electron chi connectivity index (χ2n) is 7.10. The van der Waals surface area contributed by atoms with E-state index in [-0.39, 0.29) is 39.6 Å². The maximum Gasteiger partial charge on any atom is 0.276 e. The van der Waals surface area contributed by atoms with Crippen molar-refractivity contribution in [3.05, 3.63) is 76.9 Å². The number of fused-ring (bicyclic) bond motifs is 1. The Morgan fingerprint density at radius 2 is 1.82 bits per heavy atom. The van der Waals surface area contributed by atoms with E-state index in [0.717, 1.165) is 0 Å². The van der Waals surface area contributed by atoms with Crippen LogP contribution in [-0.4, -0.2) is 28.1 Å². The van der Waals surface area contributed by atoms with Crippen molar-refractivity contribution in [1.29, 1.82) is 0 Å². The van der Waals surface area contributed by atoms with E-state index in [1.165, 1.54) is 59.9 Å². The number of hydrogen-bond acceptors (Lipinski definition) is 5. The van der Waals surface area contributed by atoms with E-state index in [9.17, 15) is 26.4 Å². The molecule has 0 saturated heterocycles. The van der Waals surface area contributed by atoms with Crippen LogP contribution in [0.1, 0.15) is 6.92 Å². The zero-order valence-electron chi connectivity index (χ0n) is 17.3. The van der Waals surface area contributed by atoms with Crippen LogP contribution in [0.15, 0.2) is 53.8 Å². The normalized spacial score (nSPS) is 11.7. The standard InChI is InChI=1S/C21H17F3N4O4S/c1-3-33(30,31)26-12-4-5-19(32-13-7-15(22)20(24)16(23)8-13)14(6-12)18-10-27(2)21(29)17-9-25-11-28(17)18/h4-11,26H,3H2,1-2H3. The molecule has 0 aliphatic heterocycles. The average molecular weight is 478 g/mol. The van der Waals surface area contributed by atoms with Crippen molar-refractivity contribution < 1.29 is 26.3 Å². The third kappa shape index (κ3) is 4.29. The lowest BCUT2D eigenvalue weighted by Crippen LogP contribution is -2.19. The van der Waals surface area contributed by atoms with Gasteiger partial charge in [0.05, 0.1) is 24.0 Å². The van der Waals surface area contributed by atoms with Crippen LogP contribution in [0.5, 0.6) is 11.5 Å². The molecule has 0 amide bonds. The number of aryl methyl sites for hydroxylation is 1. The number of anilines is 1. The van der Waals surface area contributed by atoms with Crippen molar-refractivity contribution >= 4 is 21.2 Å². The molecule has 0 aliphatic rings. The molecule has 12 heteroatoms. The summed E-state index contributed by atoms with van der Waals surface area (Å²) < 4.78 is 75.7. The molecule has 2 aromatic heterocycles. The molecule has 2 heterocycles. The van der Waals surface area contributed by atoms with Gasteiger partial charge in [0.15, 0.2) is 17.5 Å². The maximum atomic E-state index is 13.7. The quantitative estimate of drug-likeness (QED) is 0.427. The summed E-state index contributed by atoms with van der Waals surface area (Å²) in [6, 6.07) is 5.59. The zero-order chi connectivity index (χ0) is 23.9. The molecule has 0 atom stereocenters. The molecule has 4 rings (SSSR count). The van der Waals surface area contributed by atoms with E-state index in [0.29, 0.717) is 17.8 Å². The third-order valence-electron chi connectivity index (χ3n) is 4.85. The Morgan fingerprint density at radius 1 is 1.12 bits per heavy atom. The number of benzene rings is 2. The van der Waals surface area contributed by atoms with Gasteiger partial charge >= 0.3 is 0 Å². The van der Waals surface area contributed by atoms with Gasteiger partial charge < -0.3 is 9.30 Å². The van der Waals surface area contributed by atoms with E-state index in [2.05, 4.69) is 9.71 Å². The van der Waals surface area contributed by atoms with Crippen molar-refractivity contribution in [3.63, 3.8) is 0 Å². The highest BCUT2D eigenvalue weighted by molar-refractivity contribution is 7.92. The summed E-state index contributed by atoms with van der Waals surface area (Å²) in [5.74, 6) is -4.92. The van der Waals surface area contributed by atoms with Crippen LogP contribution in [0.4, 0.5) is 18.9 Å². The van der Waals surface area contributed by atoms with E-state index >= 15 is 0 Å². The molecule has 4 aromatic rings. The second kappa shape index (κ2) is 8.28. The van der Waals surface area contributed by atoms with Crippen molar-refractivity contribution in [2.24, 2.45) is 7.05 Å². The molecule has 0 radical (unpaired) electrons. The van der Waals surface area contributed by atoms with Crippen LogP contribution in [0, 0.1) is 17.5 Å². The summed E-state index contributed by atoms with van der Waals surface area (Å²) in [5, 5.41) is 0. The molecule has 0 bridgehead atoms. The number of halogens is 3. The van der Waals surface area contributed by atoms with Gasteiger partial charge in [-0.2, -0.15) is 0 Å². The van der Waals surface area contributed by atoms with Crippen molar-refractivity contribution in [3.8, 4) is 22.8 Å². The zero-order valence-corrected chi connectivity index (χ0v) is 18.2. The summed E-state index contributed by atoms with van der Waals surface area (Å²) in [5.41, 5.74) is 0.747. The van der Waals surface area contributed by atoms with Crippen molar-refractivity contribution in [2.75, 3.05) is 10.5 Å². The maximum absolute atomic E-state index is 13.7. The number of hydrogen-bond donors (Lipinski definition) is 1. The first-order valence-corrected chi connectivity index (χ1v) is 11.2. The summed E-state index contributed by atoms with van der Waals surface area (Å²) in [7, 11) is -2.09. The molecule has 8 nitrogen and oxygen atoms in total. The Morgan fingerprint density at radius 3 is 2.48 bits per heavy atom. The largest absolute Gasteiger partial charge is 0.456 e. The monoisotopic (exact) mass is 478 g/mol. The fraction of sp³-hybridized carbons (Fsp3) is 0.143. The van der Waals surface area contributed by atoms with Crippen LogP contribution in [0.3, 0.4) is 0 Å². The number of nitrogens with zero attached hydrogens (tertiary/aromatic N) is 3. The van der Waals surface area contributed by atoms with Crippen LogP contribution >= 0.6 is 0 Å². The molecular weight excluding hydrogens is 461 g/mol. The molecular formula is C21H17F3N4O4S. The Hall–Kier alpha value is -3.80. The topological polar surface area (TPSA) is 94.7 Å². The van der Waals surface area contributed by atoms with Crippen LogP contribution in [0.2, 0.25) is 0 Å². The number of sulfonamides is 1. The molecule has 0 spiro atoms. The minimum Gasteiger partial charge on any atom is -0.456 e. The summed E-state index contributed by atoms with van der Waals surface area (Å²) in [4.78, 5) is 16.4. The van der Waals surface area contributed by atoms with Gasteiger partial charge in [-0.25, -0.2) is 26.6 Å². The Balaban J connectivity index is 1.92. The highest BCUT2D eigenvalue weighted by atomic mass is 32.2. The number of nitrogens with one attached hydrogen (secondary N) is 1. The average Bonchev–Trinajstić information content (AvgIpc) is 3.26. The number of aromatic nitrogens is 3. The minimum atomic E-state index is -3.61. The van der Waals surface area contributed by atoms with Crippen molar-refractivity contribution in [1.82, 2.24) is 14.0 Å². The van der Waals surface area contributed by atoms with E-state index in [4.69, 9.17) is 4.74 Å². The third-order valence-corrected chi connectivity index (χ3v) is 6.15. The molecule has 0 unspecified atom stereocenters. The van der Waals surface area contributed by atoms with E-state index in [1.54, 1.807) is 0 Å². The molecule has 1 N–H and O–H groups in total. The van der Waals surface area contributed by atoms with Gasteiger partial charge in [-0.3, -0.25) is 13.9 Å². The first kappa shape index (κ1) is 22.4. The van der Waals surface area contributed by atoms with Crippen molar-refractivity contribution in [2.45, 2.75) is 6.92 Å². The minimum absolute atomic E-state index is 0.0634. The Bertz CT molecular complexity index is 1520. The fourth-order valence-corrected chi connectivity index (χ4v) is 3.81. The lowest BCUT2D eigenvalue weighted by molar-refractivity contribution is 0.424. The van der Waals surface area contributed by atoms with Gasteiger partial charge in [-0.05, 0) is 25.1 Å². The molecule has 0 fully saturated rings. The lowest BCUT2D eigenvalue weighted by Gasteiger charge is -2.16. The predicted molar refractivity (Wildman–Crippen MR) is 115 cm³/mol. The summed E-state index contributed by atoms with van der Waals surface area (Å²) in [6.07, 6.45) is 4.22. The van der Waals surface area contributed by atoms with Gasteiger partial charge in [-0.15, -0.1) is 0 Å². The molecule has 172 valence electrons. The van der Waals surface area contributed by atoms with Crippen LogP contribution < -0.4 is 15.0 Å². The van der Waals surface area contributed by atoms with E-state index in [1.807, 2.05) is 0 Å². The Labute approximate surface area is 185 Å². The highest BCUT2D eigenvalue weighted by Crippen LogP contribution is 2.36. The molecule has 0 aliphatic carbocycles. The predicted octanol–water partition coefficient (Wildman–Crippen LogP) is 3.67. The molecule has 33 heavy (non-hydrogen) atoms. The fourth-order valence-electron chi connectivity index (χ4n) is 3.18. The van der Waals surface area contributed by atoms with E-state index < -0.39 is 27.5 Å². The number of rotatable bonds is 6. The van der Waals surface area contributed by atoms with Crippen LogP contribution in [-0.2, 0) is 17.1 Å². The van der Waals surface area contributed by atoms with Crippen LogP contribution in [0.25, 0.3) is 16.8 Å². The molecule has 0 saturated carbocycles. The van der Waals surface area contributed by atoms with Gasteiger partial charge in [-0.1, -0.05) is 0 Å². The van der Waals surface area contributed by atoms with Gasteiger partial charge in [0.25, 0.3) is 5.56 Å². The smallest absolute Gasteiger partial charge is 0.276 e. The number of ether oxygens (including phenoxy) is 1. The van der Waals surface area contributed by atoms with Gasteiger partial charge in [0, 0.05) is 36.6 Å².